The van der Waals surface area contributed by atoms with E-state index in [1.54, 1.807) is 13.8 Å². The van der Waals surface area contributed by atoms with Crippen molar-refractivity contribution < 1.29 is 57.4 Å². The van der Waals surface area contributed by atoms with Crippen LogP contribution in [0, 0.1) is 0 Å². The average molecular weight is 615 g/mol. The lowest BCUT2D eigenvalue weighted by Gasteiger charge is -2.21. The van der Waals surface area contributed by atoms with Crippen LogP contribution in [0.3, 0.4) is 0 Å². The molecule has 246 valence electrons. The number of ether oxygens (including phenoxy) is 8. The van der Waals surface area contributed by atoms with Gasteiger partial charge in [0.05, 0.1) is 80.7 Å². The van der Waals surface area contributed by atoms with E-state index in [2.05, 4.69) is 0 Å². The highest BCUT2D eigenvalue weighted by Gasteiger charge is 2.25. The van der Waals surface area contributed by atoms with Crippen LogP contribution in [0.25, 0.3) is 0 Å². The van der Waals surface area contributed by atoms with Crippen LogP contribution in [-0.4, -0.2) is 112 Å². The molecule has 0 aliphatic heterocycles. The molecule has 0 saturated carbocycles. The molecule has 0 heterocycles. The molecule has 0 aliphatic rings. The van der Waals surface area contributed by atoms with Crippen molar-refractivity contribution in [2.24, 2.45) is 0 Å². The number of benzene rings is 1. The van der Waals surface area contributed by atoms with Crippen LogP contribution in [0.15, 0.2) is 18.2 Å². The molecule has 1 aromatic carbocycles. The first-order valence-corrected chi connectivity index (χ1v) is 14.8. The zero-order valence-corrected chi connectivity index (χ0v) is 26.8. The van der Waals surface area contributed by atoms with Crippen LogP contribution < -0.4 is 0 Å². The maximum atomic E-state index is 13.0. The molecule has 0 amide bonds. The summed E-state index contributed by atoms with van der Waals surface area (Å²) in [7, 11) is 0. The predicted molar refractivity (Wildman–Crippen MR) is 158 cm³/mol. The molecule has 12 nitrogen and oxygen atoms in total. The van der Waals surface area contributed by atoms with E-state index < -0.39 is 30.1 Å². The van der Waals surface area contributed by atoms with E-state index in [9.17, 15) is 19.5 Å². The van der Waals surface area contributed by atoms with Crippen LogP contribution in [0.1, 0.15) is 86.5 Å². The molecule has 1 rings (SSSR count). The predicted octanol–water partition coefficient (Wildman–Crippen LogP) is 4.17. The zero-order chi connectivity index (χ0) is 32.4. The lowest BCUT2D eigenvalue weighted by molar-refractivity contribution is -0.0725. The minimum Gasteiger partial charge on any atom is -0.478 e. The molecular formula is C31H50O12. The summed E-state index contributed by atoms with van der Waals surface area (Å²) in [6.07, 6.45) is -2.07. The number of hydrogen-bond donors (Lipinski definition) is 1. The van der Waals surface area contributed by atoms with Gasteiger partial charge in [0.15, 0.2) is 0 Å². The second kappa shape index (κ2) is 21.2. The summed E-state index contributed by atoms with van der Waals surface area (Å²) in [4.78, 5) is 37.6. The molecule has 12 heteroatoms. The third-order valence-corrected chi connectivity index (χ3v) is 5.90. The van der Waals surface area contributed by atoms with Crippen LogP contribution in [-0.2, 0) is 37.9 Å². The van der Waals surface area contributed by atoms with Crippen LogP contribution in [0.4, 0.5) is 0 Å². The number of carbonyl (C=O) groups excluding carboxylic acids is 2. The Kier molecular flexibility index (Phi) is 18.9. The van der Waals surface area contributed by atoms with E-state index in [1.807, 2.05) is 41.5 Å². The number of carboxylic acid groups (broad SMARTS) is 1. The summed E-state index contributed by atoms with van der Waals surface area (Å²) >= 11 is 0. The van der Waals surface area contributed by atoms with Gasteiger partial charge in [0, 0.05) is 13.2 Å². The Morgan fingerprint density at radius 2 is 0.953 bits per heavy atom. The first kappa shape index (κ1) is 38.4. The average Bonchev–Trinajstić information content (AvgIpc) is 2.97. The highest BCUT2D eigenvalue weighted by Crippen LogP contribution is 2.18. The van der Waals surface area contributed by atoms with Gasteiger partial charge in [-0.2, -0.15) is 0 Å². The van der Waals surface area contributed by atoms with Crippen molar-refractivity contribution in [3.8, 4) is 0 Å². The lowest BCUT2D eigenvalue weighted by atomic mass is 10.0. The maximum absolute atomic E-state index is 13.0. The second-order valence-electron chi connectivity index (χ2n) is 10.4. The van der Waals surface area contributed by atoms with E-state index in [-0.39, 0.29) is 54.3 Å². The van der Waals surface area contributed by atoms with Crippen molar-refractivity contribution in [2.75, 3.05) is 52.9 Å². The van der Waals surface area contributed by atoms with E-state index in [0.717, 1.165) is 6.07 Å². The van der Waals surface area contributed by atoms with Crippen molar-refractivity contribution in [2.45, 2.75) is 92.0 Å². The molecule has 6 atom stereocenters. The van der Waals surface area contributed by atoms with Gasteiger partial charge in [0.2, 0.25) is 0 Å². The normalized spacial score (nSPS) is 15.6. The third kappa shape index (κ3) is 16.2. The molecule has 1 aromatic rings. The topological polar surface area (TPSA) is 145 Å². The molecule has 0 fully saturated rings. The summed E-state index contributed by atoms with van der Waals surface area (Å²) in [6, 6.07) is 3.55. The molecule has 0 spiro atoms. The molecular weight excluding hydrogens is 564 g/mol. The van der Waals surface area contributed by atoms with E-state index >= 15 is 0 Å². The highest BCUT2D eigenvalue weighted by atomic mass is 16.6. The Balaban J connectivity index is 2.71. The largest absolute Gasteiger partial charge is 0.478 e. The molecule has 0 aromatic heterocycles. The Morgan fingerprint density at radius 3 is 1.35 bits per heavy atom. The standard InChI is InChI=1S/C31H50O12/c1-9-36-14-20(3)38-16-22(5)40-18-24(7)42-30(34)27-12-11-26(29(32)33)13-28(27)31(35)43-25(8)19-41-23(6)17-39-21(4)15-37-10-2/h11-13,20-25H,9-10,14-19H2,1-8H3,(H,32,33). The number of hydrogen-bond acceptors (Lipinski definition) is 11. The third-order valence-electron chi connectivity index (χ3n) is 5.90. The number of esters is 2. The number of carbonyl (C=O) groups is 3. The molecule has 43 heavy (non-hydrogen) atoms. The Morgan fingerprint density at radius 1 is 0.581 bits per heavy atom. The Labute approximate surface area is 255 Å². The summed E-state index contributed by atoms with van der Waals surface area (Å²) in [6.45, 7) is 17.6. The quantitative estimate of drug-likeness (QED) is 0.177. The van der Waals surface area contributed by atoms with Gasteiger partial charge in [-0.15, -0.1) is 0 Å². The van der Waals surface area contributed by atoms with Crippen molar-refractivity contribution in [1.29, 1.82) is 0 Å². The van der Waals surface area contributed by atoms with Gasteiger partial charge in [-0.05, 0) is 73.6 Å². The Hall–Kier alpha value is -2.61. The first-order chi connectivity index (χ1) is 20.4. The summed E-state index contributed by atoms with van der Waals surface area (Å²) in [5.41, 5.74) is -0.527. The monoisotopic (exact) mass is 614 g/mol. The first-order valence-electron chi connectivity index (χ1n) is 14.8. The van der Waals surface area contributed by atoms with Crippen molar-refractivity contribution in [3.63, 3.8) is 0 Å². The molecule has 1 N–H and O–H groups in total. The van der Waals surface area contributed by atoms with Crippen molar-refractivity contribution in [1.82, 2.24) is 0 Å². The number of aromatic carboxylic acids is 1. The fourth-order valence-electron chi connectivity index (χ4n) is 3.54. The molecule has 0 saturated heterocycles. The lowest BCUT2D eigenvalue weighted by Crippen LogP contribution is -2.29. The highest BCUT2D eigenvalue weighted by molar-refractivity contribution is 6.05. The number of carboxylic acids is 1. The molecule has 0 bridgehead atoms. The van der Waals surface area contributed by atoms with Gasteiger partial charge in [-0.3, -0.25) is 0 Å². The fraction of sp³-hybridized carbons (Fsp3) is 0.710. The summed E-state index contributed by atoms with van der Waals surface area (Å²) in [5.74, 6) is -2.95. The second-order valence-corrected chi connectivity index (χ2v) is 10.4. The van der Waals surface area contributed by atoms with E-state index in [4.69, 9.17) is 37.9 Å². The van der Waals surface area contributed by atoms with Gasteiger partial charge >= 0.3 is 17.9 Å². The fourth-order valence-corrected chi connectivity index (χ4v) is 3.54. The van der Waals surface area contributed by atoms with Crippen LogP contribution >= 0.6 is 0 Å². The smallest absolute Gasteiger partial charge is 0.339 e. The van der Waals surface area contributed by atoms with Gasteiger partial charge in [0.25, 0.3) is 0 Å². The van der Waals surface area contributed by atoms with Crippen molar-refractivity contribution >= 4 is 17.9 Å². The molecule has 6 unspecified atom stereocenters. The minimum absolute atomic E-state index is 0.0647. The van der Waals surface area contributed by atoms with Gasteiger partial charge in [0.1, 0.15) is 12.2 Å². The molecule has 0 aliphatic carbocycles. The SMILES string of the molecule is CCOCC(C)OCC(C)OCC(C)OC(=O)c1ccc(C(=O)O)cc1C(=O)OC(C)COC(C)COC(C)COCC. The van der Waals surface area contributed by atoms with Crippen molar-refractivity contribution in [3.05, 3.63) is 34.9 Å². The van der Waals surface area contributed by atoms with E-state index in [0.29, 0.717) is 39.6 Å². The summed E-state index contributed by atoms with van der Waals surface area (Å²) < 4.78 is 44.4. The number of rotatable bonds is 23. The zero-order valence-electron chi connectivity index (χ0n) is 26.8. The van der Waals surface area contributed by atoms with Gasteiger partial charge in [-0.25, -0.2) is 14.4 Å². The van der Waals surface area contributed by atoms with Gasteiger partial charge in [-0.1, -0.05) is 0 Å². The van der Waals surface area contributed by atoms with Gasteiger partial charge < -0.3 is 43.0 Å². The molecule has 0 radical (unpaired) electrons. The maximum Gasteiger partial charge on any atom is 0.339 e. The van der Waals surface area contributed by atoms with Crippen LogP contribution in [0.5, 0.6) is 0 Å². The van der Waals surface area contributed by atoms with E-state index in [1.165, 1.54) is 12.1 Å². The Bertz CT molecular complexity index is 968. The van der Waals surface area contributed by atoms with Crippen LogP contribution in [0.2, 0.25) is 0 Å². The summed E-state index contributed by atoms with van der Waals surface area (Å²) in [5, 5.41) is 9.43. The minimum atomic E-state index is -1.26.